The van der Waals surface area contributed by atoms with Crippen molar-refractivity contribution in [3.05, 3.63) is 24.8 Å². The van der Waals surface area contributed by atoms with Crippen molar-refractivity contribution in [2.75, 3.05) is 6.61 Å². The van der Waals surface area contributed by atoms with E-state index in [0.717, 1.165) is 6.42 Å². The molecule has 3 nitrogen and oxygen atoms in total. The number of carbonyl (C=O) groups excluding carboxylic acids is 1. The van der Waals surface area contributed by atoms with E-state index in [-0.39, 0.29) is 18.5 Å². The van der Waals surface area contributed by atoms with Gasteiger partial charge in [-0.25, -0.2) is 4.79 Å². The molecule has 2 atom stereocenters. The molecule has 3 heteroatoms. The normalized spacial score (nSPS) is 24.2. The number of esters is 1. The van der Waals surface area contributed by atoms with Crippen molar-refractivity contribution >= 4 is 5.97 Å². The van der Waals surface area contributed by atoms with E-state index in [2.05, 4.69) is 13.2 Å². The maximum Gasteiger partial charge on any atom is 0.333 e. The average Bonchev–Trinajstić information content (AvgIpc) is 2.44. The summed E-state index contributed by atoms with van der Waals surface area (Å²) in [6, 6.07) is 0. The molecule has 1 heterocycles. The molecule has 0 aromatic rings. The summed E-state index contributed by atoms with van der Waals surface area (Å²) in [5, 5.41) is 9.63. The van der Waals surface area contributed by atoms with Crippen molar-refractivity contribution in [2.24, 2.45) is 5.92 Å². The predicted octanol–water partition coefficient (Wildman–Crippen LogP) is 1.04. The second-order valence-corrected chi connectivity index (χ2v) is 3.16. The minimum Gasteiger partial charge on any atom is -0.462 e. The first kappa shape index (κ1) is 9.99. The van der Waals surface area contributed by atoms with Crippen LogP contribution in [-0.4, -0.2) is 23.8 Å². The summed E-state index contributed by atoms with van der Waals surface area (Å²) >= 11 is 0. The van der Waals surface area contributed by atoms with Gasteiger partial charge in [0.25, 0.3) is 0 Å². The summed E-state index contributed by atoms with van der Waals surface area (Å²) in [5.41, 5.74) is 0.386. The van der Waals surface area contributed by atoms with Gasteiger partial charge >= 0.3 is 5.97 Å². The third-order valence-corrected chi connectivity index (χ3v) is 2.23. The Morgan fingerprint density at radius 2 is 2.46 bits per heavy atom. The van der Waals surface area contributed by atoms with Gasteiger partial charge in [-0.1, -0.05) is 12.7 Å². The molecule has 13 heavy (non-hydrogen) atoms. The number of aliphatic hydroxyl groups excluding tert-OH is 1. The van der Waals surface area contributed by atoms with E-state index in [4.69, 9.17) is 4.74 Å². The van der Waals surface area contributed by atoms with Gasteiger partial charge in [0.1, 0.15) is 6.61 Å². The first-order chi connectivity index (χ1) is 6.16. The molecule has 1 aliphatic heterocycles. The molecule has 0 spiro atoms. The van der Waals surface area contributed by atoms with E-state index in [1.807, 2.05) is 0 Å². The van der Waals surface area contributed by atoms with Gasteiger partial charge < -0.3 is 9.84 Å². The Labute approximate surface area is 77.7 Å². The maximum absolute atomic E-state index is 10.9. The van der Waals surface area contributed by atoms with Gasteiger partial charge in [-0.3, -0.25) is 0 Å². The molecule has 0 unspecified atom stereocenters. The fourth-order valence-corrected chi connectivity index (χ4v) is 1.34. The van der Waals surface area contributed by atoms with E-state index < -0.39 is 6.10 Å². The molecule has 1 N–H and O–H groups in total. The SMILES string of the molecule is C=CCC[C@H](O)[C@@H]1COC(=O)C1=C. The van der Waals surface area contributed by atoms with E-state index in [9.17, 15) is 9.90 Å². The standard InChI is InChI=1S/C10H14O3/c1-3-4-5-9(11)8-6-13-10(12)7(8)2/h3,8-9,11H,1-2,4-6H2/t8-,9+/m1/s1. The molecule has 1 fully saturated rings. The molecule has 1 saturated heterocycles. The Morgan fingerprint density at radius 3 is 2.92 bits per heavy atom. The average molecular weight is 182 g/mol. The van der Waals surface area contributed by atoms with E-state index in [1.54, 1.807) is 6.08 Å². The number of hydrogen-bond donors (Lipinski definition) is 1. The second-order valence-electron chi connectivity index (χ2n) is 3.16. The van der Waals surface area contributed by atoms with Crippen molar-refractivity contribution in [3.63, 3.8) is 0 Å². The summed E-state index contributed by atoms with van der Waals surface area (Å²) in [6.45, 7) is 7.41. The molecule has 1 rings (SSSR count). The molecule has 0 aliphatic carbocycles. The molecule has 0 bridgehead atoms. The third kappa shape index (κ3) is 2.18. The molecular formula is C10H14O3. The zero-order valence-corrected chi connectivity index (χ0v) is 7.53. The number of carbonyl (C=O) groups is 1. The van der Waals surface area contributed by atoms with Crippen LogP contribution in [0.3, 0.4) is 0 Å². The Balaban J connectivity index is 2.47. The quantitative estimate of drug-likeness (QED) is 0.401. The molecule has 72 valence electrons. The number of allylic oxidation sites excluding steroid dienone is 1. The monoisotopic (exact) mass is 182 g/mol. The summed E-state index contributed by atoms with van der Waals surface area (Å²) in [7, 11) is 0. The van der Waals surface area contributed by atoms with Crippen LogP contribution in [-0.2, 0) is 9.53 Å². The van der Waals surface area contributed by atoms with Gasteiger partial charge in [-0.15, -0.1) is 6.58 Å². The van der Waals surface area contributed by atoms with Crippen LogP contribution in [0.25, 0.3) is 0 Å². The summed E-state index contributed by atoms with van der Waals surface area (Å²) in [5.74, 6) is -0.616. The third-order valence-electron chi connectivity index (χ3n) is 2.23. The lowest BCUT2D eigenvalue weighted by Gasteiger charge is -2.14. The van der Waals surface area contributed by atoms with Crippen molar-refractivity contribution in [2.45, 2.75) is 18.9 Å². The van der Waals surface area contributed by atoms with Gasteiger partial charge in [-0.2, -0.15) is 0 Å². The summed E-state index contributed by atoms with van der Waals surface area (Å²) < 4.78 is 4.75. The van der Waals surface area contributed by atoms with Crippen molar-refractivity contribution < 1.29 is 14.6 Å². The lowest BCUT2D eigenvalue weighted by Crippen LogP contribution is -2.21. The Morgan fingerprint density at radius 1 is 1.77 bits per heavy atom. The highest BCUT2D eigenvalue weighted by molar-refractivity contribution is 5.90. The first-order valence-corrected chi connectivity index (χ1v) is 4.31. The minimum absolute atomic E-state index is 0.229. The molecule has 0 radical (unpaired) electrons. The van der Waals surface area contributed by atoms with Crippen LogP contribution in [0, 0.1) is 5.92 Å². The fraction of sp³-hybridized carbons (Fsp3) is 0.500. The van der Waals surface area contributed by atoms with Gasteiger partial charge in [0.2, 0.25) is 0 Å². The summed E-state index contributed by atoms with van der Waals surface area (Å²) in [4.78, 5) is 10.9. The number of ether oxygens (including phenoxy) is 1. The molecule has 0 amide bonds. The van der Waals surface area contributed by atoms with Crippen LogP contribution in [0.1, 0.15) is 12.8 Å². The van der Waals surface area contributed by atoms with E-state index in [0.29, 0.717) is 12.0 Å². The van der Waals surface area contributed by atoms with Crippen LogP contribution in [0.4, 0.5) is 0 Å². The van der Waals surface area contributed by atoms with Crippen molar-refractivity contribution in [1.29, 1.82) is 0 Å². The second kappa shape index (κ2) is 4.23. The van der Waals surface area contributed by atoms with Crippen LogP contribution in [0.5, 0.6) is 0 Å². The van der Waals surface area contributed by atoms with Crippen LogP contribution >= 0.6 is 0 Å². The lowest BCUT2D eigenvalue weighted by molar-refractivity contribution is -0.135. The number of cyclic esters (lactones) is 1. The largest absolute Gasteiger partial charge is 0.462 e. The lowest BCUT2D eigenvalue weighted by atomic mass is 9.94. The smallest absolute Gasteiger partial charge is 0.333 e. The molecule has 0 saturated carbocycles. The summed E-state index contributed by atoms with van der Waals surface area (Å²) in [6.07, 6.45) is 2.53. The van der Waals surface area contributed by atoms with Crippen LogP contribution in [0.2, 0.25) is 0 Å². The fourth-order valence-electron chi connectivity index (χ4n) is 1.34. The van der Waals surface area contributed by atoms with Gasteiger partial charge in [0, 0.05) is 5.57 Å². The van der Waals surface area contributed by atoms with Crippen LogP contribution < -0.4 is 0 Å². The zero-order valence-electron chi connectivity index (χ0n) is 7.53. The molecule has 1 aliphatic rings. The van der Waals surface area contributed by atoms with Crippen LogP contribution in [0.15, 0.2) is 24.8 Å². The van der Waals surface area contributed by atoms with Crippen molar-refractivity contribution in [1.82, 2.24) is 0 Å². The topological polar surface area (TPSA) is 46.5 Å². The molecular weight excluding hydrogens is 168 g/mol. The number of rotatable bonds is 4. The highest BCUT2D eigenvalue weighted by Gasteiger charge is 2.33. The van der Waals surface area contributed by atoms with Gasteiger partial charge in [-0.05, 0) is 12.8 Å². The Bertz CT molecular complexity index is 232. The molecule has 0 aromatic heterocycles. The highest BCUT2D eigenvalue weighted by Crippen LogP contribution is 2.25. The minimum atomic E-state index is -0.544. The van der Waals surface area contributed by atoms with Gasteiger partial charge in [0.05, 0.1) is 12.0 Å². The number of aliphatic hydroxyl groups is 1. The predicted molar refractivity (Wildman–Crippen MR) is 49.0 cm³/mol. The number of hydrogen-bond acceptors (Lipinski definition) is 3. The van der Waals surface area contributed by atoms with Crippen molar-refractivity contribution in [3.8, 4) is 0 Å². The Hall–Kier alpha value is -1.09. The zero-order chi connectivity index (χ0) is 9.84. The van der Waals surface area contributed by atoms with E-state index >= 15 is 0 Å². The highest BCUT2D eigenvalue weighted by atomic mass is 16.5. The van der Waals surface area contributed by atoms with E-state index in [1.165, 1.54) is 0 Å². The molecule has 0 aromatic carbocycles. The maximum atomic E-state index is 10.9. The first-order valence-electron chi connectivity index (χ1n) is 4.31. The van der Waals surface area contributed by atoms with Gasteiger partial charge in [0.15, 0.2) is 0 Å². The Kier molecular flexibility index (Phi) is 3.25.